The van der Waals surface area contributed by atoms with Crippen LogP contribution in [0.1, 0.15) is 64.7 Å². The molecule has 0 aromatic heterocycles. The molecule has 2 aliphatic rings. The maximum absolute atomic E-state index is 12.0. The molecule has 0 heterocycles. The predicted molar refractivity (Wildman–Crippen MR) is 70.7 cm³/mol. The molecule has 2 rings (SSSR count). The van der Waals surface area contributed by atoms with Gasteiger partial charge in [0.15, 0.2) is 0 Å². The van der Waals surface area contributed by atoms with Crippen LogP contribution in [0.15, 0.2) is 0 Å². The summed E-state index contributed by atoms with van der Waals surface area (Å²) in [6, 6.07) is 0. The topological polar surface area (TPSA) is 29.1 Å². The van der Waals surface area contributed by atoms with E-state index in [9.17, 15) is 4.79 Å². The summed E-state index contributed by atoms with van der Waals surface area (Å²) in [7, 11) is 0. The maximum Gasteiger partial charge on any atom is 0.223 e. The maximum atomic E-state index is 12.0. The van der Waals surface area contributed by atoms with E-state index in [0.717, 1.165) is 24.8 Å². The second kappa shape index (κ2) is 6.42. The van der Waals surface area contributed by atoms with Crippen molar-refractivity contribution in [3.05, 3.63) is 0 Å². The number of carbonyl (C=O) groups excluding carboxylic acids is 1. The molecule has 98 valence electrons. The van der Waals surface area contributed by atoms with Crippen molar-refractivity contribution in [2.24, 2.45) is 17.8 Å². The predicted octanol–water partition coefficient (Wildman–Crippen LogP) is 3.51. The van der Waals surface area contributed by atoms with Crippen LogP contribution in [0.3, 0.4) is 0 Å². The molecule has 0 unspecified atom stereocenters. The van der Waals surface area contributed by atoms with Crippen LogP contribution in [0.5, 0.6) is 0 Å². The van der Waals surface area contributed by atoms with Gasteiger partial charge in [-0.2, -0.15) is 0 Å². The number of hydrogen-bond donors (Lipinski definition) is 1. The normalized spacial score (nSPS) is 30.8. The summed E-state index contributed by atoms with van der Waals surface area (Å²) in [6.45, 7) is 3.13. The van der Waals surface area contributed by atoms with Gasteiger partial charge in [0.2, 0.25) is 5.91 Å². The Morgan fingerprint density at radius 3 is 2.59 bits per heavy atom. The lowest BCUT2D eigenvalue weighted by Gasteiger charge is -2.20. The van der Waals surface area contributed by atoms with Crippen molar-refractivity contribution in [2.75, 3.05) is 6.54 Å². The molecule has 2 heteroatoms. The standard InChI is InChI=1S/C15H27NO/c1-2-3-4-5-6-9-16-15(17)14-11-12-7-8-13(14)10-12/h12-14H,2-11H2,1H3,(H,16,17)/t12-,13-,14+/m0/s1. The first-order valence-electron chi connectivity index (χ1n) is 7.59. The van der Waals surface area contributed by atoms with Gasteiger partial charge in [-0.15, -0.1) is 0 Å². The summed E-state index contributed by atoms with van der Waals surface area (Å²) in [6.07, 6.45) is 11.6. The first-order valence-corrected chi connectivity index (χ1v) is 7.59. The average molecular weight is 237 g/mol. The van der Waals surface area contributed by atoms with Crippen molar-refractivity contribution in [3.8, 4) is 0 Å². The summed E-state index contributed by atoms with van der Waals surface area (Å²) < 4.78 is 0. The Hall–Kier alpha value is -0.530. The minimum Gasteiger partial charge on any atom is -0.356 e. The summed E-state index contributed by atoms with van der Waals surface area (Å²) >= 11 is 0. The van der Waals surface area contributed by atoms with E-state index in [0.29, 0.717) is 11.8 Å². The molecule has 0 aromatic carbocycles. The lowest BCUT2D eigenvalue weighted by Crippen LogP contribution is -2.34. The summed E-state index contributed by atoms with van der Waals surface area (Å²) in [5, 5.41) is 3.15. The molecule has 0 spiro atoms. The Kier molecular flexibility index (Phi) is 4.87. The highest BCUT2D eigenvalue weighted by molar-refractivity contribution is 5.79. The molecule has 2 nitrogen and oxygen atoms in total. The van der Waals surface area contributed by atoms with Crippen molar-refractivity contribution in [3.63, 3.8) is 0 Å². The lowest BCUT2D eigenvalue weighted by atomic mass is 9.88. The highest BCUT2D eigenvalue weighted by atomic mass is 16.1. The van der Waals surface area contributed by atoms with Gasteiger partial charge in [-0.3, -0.25) is 4.79 Å². The first kappa shape index (κ1) is 12.9. The fraction of sp³-hybridized carbons (Fsp3) is 0.933. The van der Waals surface area contributed by atoms with E-state index in [4.69, 9.17) is 0 Å². The number of fused-ring (bicyclic) bond motifs is 2. The minimum absolute atomic E-state index is 0.354. The second-order valence-corrected chi connectivity index (χ2v) is 5.99. The Balaban J connectivity index is 1.55. The van der Waals surface area contributed by atoms with Gasteiger partial charge in [0.05, 0.1) is 0 Å². The molecular weight excluding hydrogens is 210 g/mol. The molecule has 0 aromatic rings. The fourth-order valence-corrected chi connectivity index (χ4v) is 3.64. The summed E-state index contributed by atoms with van der Waals surface area (Å²) in [4.78, 5) is 12.0. The lowest BCUT2D eigenvalue weighted by molar-refractivity contribution is -0.126. The van der Waals surface area contributed by atoms with E-state index in [1.54, 1.807) is 0 Å². The number of hydrogen-bond acceptors (Lipinski definition) is 1. The molecule has 17 heavy (non-hydrogen) atoms. The van der Waals surface area contributed by atoms with Gasteiger partial charge in [0.25, 0.3) is 0 Å². The Labute approximate surface area is 106 Å². The summed E-state index contributed by atoms with van der Waals surface area (Å²) in [5.41, 5.74) is 0. The molecule has 0 aliphatic heterocycles. The SMILES string of the molecule is CCCCCCCNC(=O)[C@@H]1C[C@H]2CC[C@H]1C2. The van der Waals surface area contributed by atoms with Crippen LogP contribution >= 0.6 is 0 Å². The fourth-order valence-electron chi connectivity index (χ4n) is 3.64. The molecule has 0 radical (unpaired) electrons. The average Bonchev–Trinajstić information content (AvgIpc) is 2.95. The number of unbranched alkanes of at least 4 members (excludes halogenated alkanes) is 4. The molecule has 2 aliphatic carbocycles. The van der Waals surface area contributed by atoms with Crippen molar-refractivity contribution in [1.82, 2.24) is 5.32 Å². The molecular formula is C15H27NO. The van der Waals surface area contributed by atoms with Crippen LogP contribution in [-0.2, 0) is 4.79 Å². The smallest absolute Gasteiger partial charge is 0.223 e. The van der Waals surface area contributed by atoms with Crippen LogP contribution in [0.4, 0.5) is 0 Å². The van der Waals surface area contributed by atoms with E-state index >= 15 is 0 Å². The number of nitrogens with one attached hydrogen (secondary N) is 1. The quantitative estimate of drug-likeness (QED) is 0.675. The third kappa shape index (κ3) is 3.46. The van der Waals surface area contributed by atoms with Crippen LogP contribution in [-0.4, -0.2) is 12.5 Å². The molecule has 2 saturated carbocycles. The first-order chi connectivity index (χ1) is 8.31. The van der Waals surface area contributed by atoms with Crippen LogP contribution in [0.25, 0.3) is 0 Å². The minimum atomic E-state index is 0.354. The monoisotopic (exact) mass is 237 g/mol. The van der Waals surface area contributed by atoms with Gasteiger partial charge >= 0.3 is 0 Å². The van der Waals surface area contributed by atoms with E-state index in [1.165, 1.54) is 51.4 Å². The van der Waals surface area contributed by atoms with Crippen LogP contribution in [0, 0.1) is 17.8 Å². The van der Waals surface area contributed by atoms with Crippen molar-refractivity contribution in [1.29, 1.82) is 0 Å². The second-order valence-electron chi connectivity index (χ2n) is 5.99. The third-order valence-corrected chi connectivity index (χ3v) is 4.65. The van der Waals surface area contributed by atoms with E-state index in [1.807, 2.05) is 0 Å². The largest absolute Gasteiger partial charge is 0.356 e. The van der Waals surface area contributed by atoms with Gasteiger partial charge in [-0.05, 0) is 37.5 Å². The molecule has 1 amide bonds. The van der Waals surface area contributed by atoms with E-state index < -0.39 is 0 Å². The van der Waals surface area contributed by atoms with E-state index in [-0.39, 0.29) is 0 Å². The van der Waals surface area contributed by atoms with E-state index in [2.05, 4.69) is 12.2 Å². The molecule has 1 N–H and O–H groups in total. The molecule has 3 atom stereocenters. The number of carbonyl (C=O) groups is 1. The Morgan fingerprint density at radius 2 is 1.94 bits per heavy atom. The third-order valence-electron chi connectivity index (χ3n) is 4.65. The number of rotatable bonds is 7. The van der Waals surface area contributed by atoms with Crippen molar-refractivity contribution in [2.45, 2.75) is 64.7 Å². The number of amides is 1. The molecule has 2 bridgehead atoms. The van der Waals surface area contributed by atoms with Gasteiger partial charge < -0.3 is 5.32 Å². The van der Waals surface area contributed by atoms with Gasteiger partial charge in [0.1, 0.15) is 0 Å². The van der Waals surface area contributed by atoms with Crippen molar-refractivity contribution >= 4 is 5.91 Å². The highest BCUT2D eigenvalue weighted by Gasteiger charge is 2.42. The Bertz CT molecular complexity index is 251. The molecule has 2 fully saturated rings. The van der Waals surface area contributed by atoms with Crippen molar-refractivity contribution < 1.29 is 4.79 Å². The van der Waals surface area contributed by atoms with Gasteiger partial charge in [-0.1, -0.05) is 39.0 Å². The van der Waals surface area contributed by atoms with Gasteiger partial charge in [-0.25, -0.2) is 0 Å². The zero-order valence-corrected chi connectivity index (χ0v) is 11.2. The molecule has 0 saturated heterocycles. The summed E-state index contributed by atoms with van der Waals surface area (Å²) in [5.74, 6) is 2.32. The Morgan fingerprint density at radius 1 is 1.12 bits per heavy atom. The zero-order chi connectivity index (χ0) is 12.1. The zero-order valence-electron chi connectivity index (χ0n) is 11.2. The highest BCUT2D eigenvalue weighted by Crippen LogP contribution is 2.48. The van der Waals surface area contributed by atoms with Gasteiger partial charge in [0, 0.05) is 12.5 Å². The van der Waals surface area contributed by atoms with Crippen LogP contribution in [0.2, 0.25) is 0 Å². The van der Waals surface area contributed by atoms with Crippen LogP contribution < -0.4 is 5.32 Å².